The monoisotopic (exact) mass is 273 g/mol. The summed E-state index contributed by atoms with van der Waals surface area (Å²) in [5, 5.41) is 3.36. The number of hydrogen-bond donors (Lipinski definition) is 1. The third kappa shape index (κ3) is 4.07. The first-order valence-electron chi connectivity index (χ1n) is 6.81. The smallest absolute Gasteiger partial charge is 0.127 e. The van der Waals surface area contributed by atoms with Gasteiger partial charge in [-0.25, -0.2) is 4.39 Å². The van der Waals surface area contributed by atoms with Gasteiger partial charge in [-0.3, -0.25) is 0 Å². The van der Waals surface area contributed by atoms with E-state index in [0.29, 0.717) is 17.4 Å². The van der Waals surface area contributed by atoms with Crippen molar-refractivity contribution in [2.24, 2.45) is 0 Å². The molecule has 1 N–H and O–H groups in total. The fourth-order valence-corrected chi connectivity index (χ4v) is 1.86. The van der Waals surface area contributed by atoms with Crippen LogP contribution in [0.25, 0.3) is 0 Å². The number of hydrogen-bond acceptors (Lipinski definition) is 2. The first-order valence-corrected chi connectivity index (χ1v) is 6.81. The van der Waals surface area contributed by atoms with Crippen molar-refractivity contribution >= 4 is 0 Å². The highest BCUT2D eigenvalue weighted by Gasteiger charge is 2.03. The lowest BCUT2D eigenvalue weighted by Gasteiger charge is -2.11. The molecular formula is C17H20FNO. The zero-order valence-corrected chi connectivity index (χ0v) is 12.1. The quantitative estimate of drug-likeness (QED) is 0.870. The summed E-state index contributed by atoms with van der Waals surface area (Å²) >= 11 is 0. The van der Waals surface area contributed by atoms with Gasteiger partial charge >= 0.3 is 0 Å². The molecule has 20 heavy (non-hydrogen) atoms. The van der Waals surface area contributed by atoms with Crippen LogP contribution >= 0.6 is 0 Å². The molecular weight excluding hydrogens is 253 g/mol. The second-order valence-corrected chi connectivity index (χ2v) is 5.20. The van der Waals surface area contributed by atoms with Gasteiger partial charge in [-0.2, -0.15) is 0 Å². The van der Waals surface area contributed by atoms with E-state index in [-0.39, 0.29) is 5.82 Å². The van der Waals surface area contributed by atoms with Crippen LogP contribution in [0.2, 0.25) is 0 Å². The zero-order chi connectivity index (χ0) is 14.5. The summed E-state index contributed by atoms with van der Waals surface area (Å²) in [5.41, 5.74) is 1.75. The molecule has 3 heteroatoms. The van der Waals surface area contributed by atoms with E-state index in [9.17, 15) is 4.39 Å². The number of nitrogens with one attached hydrogen (secondary N) is 1. The van der Waals surface area contributed by atoms with Gasteiger partial charge in [0.25, 0.3) is 0 Å². The molecule has 2 aromatic carbocycles. The Hall–Kier alpha value is -1.87. The Balaban J connectivity index is 2.08. The zero-order valence-electron chi connectivity index (χ0n) is 12.1. The average Bonchev–Trinajstić information content (AvgIpc) is 2.41. The Labute approximate surface area is 119 Å². The van der Waals surface area contributed by atoms with E-state index in [1.165, 1.54) is 6.07 Å². The molecule has 2 nitrogen and oxygen atoms in total. The Kier molecular flexibility index (Phi) is 4.74. The lowest BCUT2D eigenvalue weighted by atomic mass is 10.2. The molecule has 0 saturated carbocycles. The Bertz CT molecular complexity index is 581. The van der Waals surface area contributed by atoms with Crippen molar-refractivity contribution in [3.05, 3.63) is 59.4 Å². The third-order valence-corrected chi connectivity index (χ3v) is 2.98. The largest absolute Gasteiger partial charge is 0.457 e. The van der Waals surface area contributed by atoms with Crippen LogP contribution in [-0.2, 0) is 6.54 Å². The molecule has 0 bridgehead atoms. The molecule has 0 unspecified atom stereocenters. The molecule has 0 heterocycles. The highest BCUT2D eigenvalue weighted by Crippen LogP contribution is 2.24. The summed E-state index contributed by atoms with van der Waals surface area (Å²) in [7, 11) is 0. The molecule has 0 atom stereocenters. The molecule has 0 radical (unpaired) electrons. The van der Waals surface area contributed by atoms with Crippen molar-refractivity contribution in [2.45, 2.75) is 33.4 Å². The van der Waals surface area contributed by atoms with Crippen LogP contribution in [0.1, 0.15) is 25.0 Å². The van der Waals surface area contributed by atoms with E-state index >= 15 is 0 Å². The molecule has 0 spiro atoms. The van der Waals surface area contributed by atoms with Crippen LogP contribution in [0.4, 0.5) is 4.39 Å². The summed E-state index contributed by atoms with van der Waals surface area (Å²) in [6.45, 7) is 6.76. The van der Waals surface area contributed by atoms with Crippen molar-refractivity contribution in [3.63, 3.8) is 0 Å². The van der Waals surface area contributed by atoms with Gasteiger partial charge in [0.1, 0.15) is 17.3 Å². The third-order valence-electron chi connectivity index (χ3n) is 2.98. The Morgan fingerprint density at radius 3 is 2.55 bits per heavy atom. The fraction of sp³-hybridized carbons (Fsp3) is 0.294. The minimum atomic E-state index is -0.216. The summed E-state index contributed by atoms with van der Waals surface area (Å²) in [6, 6.07) is 13.1. The predicted octanol–water partition coefficient (Wildman–Crippen LogP) is 4.42. The highest BCUT2D eigenvalue weighted by molar-refractivity contribution is 5.36. The molecule has 0 aliphatic rings. The van der Waals surface area contributed by atoms with E-state index < -0.39 is 0 Å². The molecule has 106 valence electrons. The van der Waals surface area contributed by atoms with Crippen LogP contribution < -0.4 is 10.1 Å². The lowest BCUT2D eigenvalue weighted by molar-refractivity contribution is 0.478. The van der Waals surface area contributed by atoms with Crippen LogP contribution in [-0.4, -0.2) is 6.04 Å². The number of halogens is 1. The van der Waals surface area contributed by atoms with E-state index in [2.05, 4.69) is 25.2 Å². The maximum atomic E-state index is 13.2. The minimum Gasteiger partial charge on any atom is -0.457 e. The summed E-state index contributed by atoms with van der Waals surface area (Å²) in [4.78, 5) is 0. The van der Waals surface area contributed by atoms with Gasteiger partial charge in [0.05, 0.1) is 0 Å². The van der Waals surface area contributed by atoms with Gasteiger partial charge in [-0.1, -0.05) is 26.0 Å². The summed E-state index contributed by atoms with van der Waals surface area (Å²) in [6.07, 6.45) is 0. The number of rotatable bonds is 5. The van der Waals surface area contributed by atoms with Crippen LogP contribution in [0, 0.1) is 12.7 Å². The molecule has 0 aliphatic heterocycles. The average molecular weight is 273 g/mol. The van der Waals surface area contributed by atoms with E-state index in [0.717, 1.165) is 17.9 Å². The summed E-state index contributed by atoms with van der Waals surface area (Å²) < 4.78 is 19.0. The van der Waals surface area contributed by atoms with Crippen LogP contribution in [0.15, 0.2) is 42.5 Å². The van der Waals surface area contributed by atoms with Gasteiger partial charge in [-0.05, 0) is 48.4 Å². The molecule has 2 rings (SSSR count). The van der Waals surface area contributed by atoms with Crippen molar-refractivity contribution in [2.75, 3.05) is 0 Å². The van der Waals surface area contributed by atoms with Crippen molar-refractivity contribution in [3.8, 4) is 11.5 Å². The van der Waals surface area contributed by atoms with Gasteiger partial charge < -0.3 is 10.1 Å². The van der Waals surface area contributed by atoms with Crippen LogP contribution in [0.3, 0.4) is 0 Å². The van der Waals surface area contributed by atoms with Gasteiger partial charge in [0.2, 0.25) is 0 Å². The van der Waals surface area contributed by atoms with Crippen molar-refractivity contribution in [1.82, 2.24) is 5.32 Å². The van der Waals surface area contributed by atoms with Gasteiger partial charge in [0, 0.05) is 12.6 Å². The molecule has 0 aliphatic carbocycles. The highest BCUT2D eigenvalue weighted by atomic mass is 19.1. The molecule has 0 amide bonds. The standard InChI is InChI=1S/C17H20FNO/c1-12(2)19-11-14-5-4-6-15(10-14)20-16-7-8-17(18)13(3)9-16/h4-10,12,19H,11H2,1-3H3. The first-order chi connectivity index (χ1) is 9.54. The topological polar surface area (TPSA) is 21.3 Å². The predicted molar refractivity (Wildman–Crippen MR) is 79.6 cm³/mol. The number of benzene rings is 2. The molecule has 0 saturated heterocycles. The Morgan fingerprint density at radius 1 is 1.10 bits per heavy atom. The lowest BCUT2D eigenvalue weighted by Crippen LogP contribution is -2.21. The van der Waals surface area contributed by atoms with E-state index in [4.69, 9.17) is 4.74 Å². The normalized spacial score (nSPS) is 10.8. The van der Waals surface area contributed by atoms with Crippen molar-refractivity contribution < 1.29 is 9.13 Å². The van der Waals surface area contributed by atoms with E-state index in [1.54, 1.807) is 19.1 Å². The van der Waals surface area contributed by atoms with Gasteiger partial charge in [0.15, 0.2) is 0 Å². The van der Waals surface area contributed by atoms with Crippen molar-refractivity contribution in [1.29, 1.82) is 0 Å². The molecule has 2 aromatic rings. The molecule has 0 fully saturated rings. The van der Waals surface area contributed by atoms with Gasteiger partial charge in [-0.15, -0.1) is 0 Å². The second kappa shape index (κ2) is 6.53. The van der Waals surface area contributed by atoms with Crippen LogP contribution in [0.5, 0.6) is 11.5 Å². The maximum Gasteiger partial charge on any atom is 0.127 e. The SMILES string of the molecule is Cc1cc(Oc2cccc(CNC(C)C)c2)ccc1F. The van der Waals surface area contributed by atoms with E-state index in [1.807, 2.05) is 18.2 Å². The summed E-state index contributed by atoms with van der Waals surface area (Å²) in [5.74, 6) is 1.20. The fourth-order valence-electron chi connectivity index (χ4n) is 1.86. The molecule has 0 aromatic heterocycles. The minimum absolute atomic E-state index is 0.216. The number of aryl methyl sites for hydroxylation is 1. The number of ether oxygens (including phenoxy) is 1. The second-order valence-electron chi connectivity index (χ2n) is 5.20. The first kappa shape index (κ1) is 14.5. The Morgan fingerprint density at radius 2 is 1.85 bits per heavy atom. The maximum absolute atomic E-state index is 13.2.